The van der Waals surface area contributed by atoms with Crippen LogP contribution in [0.25, 0.3) is 5.69 Å². The molecule has 142 valence electrons. The number of methoxy groups -OCH3 is 1. The lowest BCUT2D eigenvalue weighted by molar-refractivity contribution is 0.184. The lowest BCUT2D eigenvalue weighted by Gasteiger charge is -2.31. The minimum absolute atomic E-state index is 0.135. The molecule has 1 atom stereocenters. The fourth-order valence-electron chi connectivity index (χ4n) is 3.35. The number of nitrogens with one attached hydrogen (secondary N) is 1. The fourth-order valence-corrected chi connectivity index (χ4v) is 4.65. The van der Waals surface area contributed by atoms with E-state index in [1.54, 1.807) is 41.3 Å². The molecule has 2 heterocycles. The first-order valence-corrected chi connectivity index (χ1v) is 10.4. The molecule has 1 aromatic carbocycles. The molecule has 26 heavy (non-hydrogen) atoms. The molecule has 0 amide bonds. The molecule has 1 N–H and O–H groups in total. The minimum Gasteiger partial charge on any atom is -0.495 e. The Morgan fingerprint density at radius 3 is 2.92 bits per heavy atom. The molecule has 0 spiro atoms. The van der Waals surface area contributed by atoms with Gasteiger partial charge < -0.3 is 9.64 Å². The molecule has 0 radical (unpaired) electrons. The van der Waals surface area contributed by atoms with Crippen LogP contribution in [0.15, 0.2) is 41.6 Å². The summed E-state index contributed by atoms with van der Waals surface area (Å²) in [6, 6.07) is 6.82. The molecular weight excluding hydrogens is 352 g/mol. The summed E-state index contributed by atoms with van der Waals surface area (Å²) in [4.78, 5) is 2.50. The average Bonchev–Trinajstić information content (AvgIpc) is 3.21. The minimum atomic E-state index is -3.67. The molecule has 7 nitrogen and oxygen atoms in total. The first-order chi connectivity index (χ1) is 12.5. The molecule has 2 aromatic rings. The van der Waals surface area contributed by atoms with Gasteiger partial charge in [0, 0.05) is 25.5 Å². The van der Waals surface area contributed by atoms with E-state index in [0.717, 1.165) is 32.5 Å². The van der Waals surface area contributed by atoms with Gasteiger partial charge in [-0.15, -0.1) is 0 Å². The molecule has 8 heteroatoms. The first kappa shape index (κ1) is 18.9. The summed E-state index contributed by atoms with van der Waals surface area (Å²) in [6.07, 6.45) is 5.58. The Kier molecular flexibility index (Phi) is 5.95. The number of likely N-dealkylation sites (tertiary alicyclic amines) is 1. The Hall–Kier alpha value is -1.90. The number of nitrogens with zero attached hydrogens (tertiary/aromatic N) is 3. The van der Waals surface area contributed by atoms with Crippen LogP contribution >= 0.6 is 0 Å². The lowest BCUT2D eigenvalue weighted by atomic mass is 9.98. The van der Waals surface area contributed by atoms with E-state index in [0.29, 0.717) is 23.9 Å². The average molecular weight is 378 g/mol. The summed E-state index contributed by atoms with van der Waals surface area (Å²) < 4.78 is 35.5. The van der Waals surface area contributed by atoms with Crippen molar-refractivity contribution in [2.45, 2.75) is 24.7 Å². The normalized spacial score (nSPS) is 18.8. The van der Waals surface area contributed by atoms with Crippen molar-refractivity contribution in [1.29, 1.82) is 0 Å². The number of sulfonamides is 1. The summed E-state index contributed by atoms with van der Waals surface area (Å²) in [6.45, 7) is 5.61. The second-order valence-corrected chi connectivity index (χ2v) is 8.27. The van der Waals surface area contributed by atoms with Crippen molar-refractivity contribution in [3.8, 4) is 11.4 Å². The third-order valence-corrected chi connectivity index (χ3v) is 6.26. The maximum Gasteiger partial charge on any atom is 0.244 e. The predicted octanol–water partition coefficient (Wildman–Crippen LogP) is 1.89. The number of aromatic nitrogens is 2. The molecule has 0 bridgehead atoms. The maximum atomic E-state index is 12.9. The second-order valence-electron chi connectivity index (χ2n) is 6.54. The van der Waals surface area contributed by atoms with Crippen LogP contribution in [0, 0.1) is 5.92 Å². The van der Waals surface area contributed by atoms with Gasteiger partial charge in [-0.3, -0.25) is 0 Å². The Morgan fingerprint density at radius 1 is 1.38 bits per heavy atom. The number of rotatable bonds is 7. The molecule has 1 aliphatic heterocycles. The van der Waals surface area contributed by atoms with Gasteiger partial charge in [0.25, 0.3) is 0 Å². The Balaban J connectivity index is 1.78. The van der Waals surface area contributed by atoms with E-state index in [1.165, 1.54) is 7.11 Å². The summed E-state index contributed by atoms with van der Waals surface area (Å²) in [7, 11) is -2.20. The van der Waals surface area contributed by atoms with Crippen LogP contribution in [0.2, 0.25) is 0 Å². The van der Waals surface area contributed by atoms with Crippen molar-refractivity contribution in [3.63, 3.8) is 0 Å². The van der Waals surface area contributed by atoms with Crippen LogP contribution in [0.5, 0.6) is 5.75 Å². The summed E-state index contributed by atoms with van der Waals surface area (Å²) >= 11 is 0. The van der Waals surface area contributed by atoms with Crippen molar-refractivity contribution in [1.82, 2.24) is 19.4 Å². The molecule has 1 aromatic heterocycles. The predicted molar refractivity (Wildman–Crippen MR) is 100 cm³/mol. The summed E-state index contributed by atoms with van der Waals surface area (Å²) in [5.74, 6) is 0.658. The molecule has 1 aliphatic rings. The third-order valence-electron chi connectivity index (χ3n) is 4.82. The van der Waals surface area contributed by atoms with E-state index in [9.17, 15) is 8.42 Å². The monoisotopic (exact) mass is 378 g/mol. The van der Waals surface area contributed by atoms with Crippen LogP contribution in [-0.2, 0) is 10.0 Å². The molecule has 1 saturated heterocycles. The smallest absolute Gasteiger partial charge is 0.244 e. The van der Waals surface area contributed by atoms with Crippen LogP contribution in [0.4, 0.5) is 0 Å². The quantitative estimate of drug-likeness (QED) is 0.796. The van der Waals surface area contributed by atoms with Crippen molar-refractivity contribution < 1.29 is 13.2 Å². The van der Waals surface area contributed by atoms with Crippen molar-refractivity contribution in [3.05, 3.63) is 36.7 Å². The van der Waals surface area contributed by atoms with Crippen LogP contribution in [0.1, 0.15) is 19.8 Å². The maximum absolute atomic E-state index is 12.9. The Bertz CT molecular complexity index is 821. The first-order valence-electron chi connectivity index (χ1n) is 8.93. The highest BCUT2D eigenvalue weighted by atomic mass is 32.2. The number of ether oxygens (including phenoxy) is 1. The molecule has 0 saturated carbocycles. The number of benzene rings is 1. The van der Waals surface area contributed by atoms with Gasteiger partial charge in [0.15, 0.2) is 0 Å². The Labute approximate surface area is 155 Å². The number of hydrogen-bond donors (Lipinski definition) is 1. The van der Waals surface area contributed by atoms with Gasteiger partial charge in [-0.2, -0.15) is 5.10 Å². The van der Waals surface area contributed by atoms with E-state index in [4.69, 9.17) is 4.74 Å². The molecule has 0 unspecified atom stereocenters. The van der Waals surface area contributed by atoms with Crippen molar-refractivity contribution >= 4 is 10.0 Å². The zero-order chi connectivity index (χ0) is 18.6. The summed E-state index contributed by atoms with van der Waals surface area (Å²) in [5.41, 5.74) is 0.672. The van der Waals surface area contributed by atoms with E-state index in [1.807, 2.05) is 0 Å². The molecule has 0 aliphatic carbocycles. The molecule has 3 rings (SSSR count). The van der Waals surface area contributed by atoms with E-state index < -0.39 is 10.0 Å². The van der Waals surface area contributed by atoms with E-state index >= 15 is 0 Å². The molecule has 1 fully saturated rings. The number of piperidine rings is 1. The van der Waals surface area contributed by atoms with Gasteiger partial charge in [0.2, 0.25) is 10.0 Å². The summed E-state index contributed by atoms with van der Waals surface area (Å²) in [5, 5.41) is 4.16. The largest absolute Gasteiger partial charge is 0.495 e. The van der Waals surface area contributed by atoms with Crippen LogP contribution in [0.3, 0.4) is 0 Å². The Morgan fingerprint density at radius 2 is 2.23 bits per heavy atom. The van der Waals surface area contributed by atoms with Gasteiger partial charge in [0.1, 0.15) is 10.6 Å². The van der Waals surface area contributed by atoms with Gasteiger partial charge >= 0.3 is 0 Å². The van der Waals surface area contributed by atoms with Crippen molar-refractivity contribution in [2.24, 2.45) is 5.92 Å². The van der Waals surface area contributed by atoms with Crippen LogP contribution in [-0.4, -0.2) is 56.4 Å². The van der Waals surface area contributed by atoms with Gasteiger partial charge in [0.05, 0.1) is 12.8 Å². The third kappa shape index (κ3) is 4.25. The SMILES string of the molecule is CCN1CCC[C@H](CNS(=O)(=O)c2cc(-n3cccn3)ccc2OC)C1. The van der Waals surface area contributed by atoms with Gasteiger partial charge in [-0.05, 0) is 56.1 Å². The zero-order valence-corrected chi connectivity index (χ0v) is 16.1. The topological polar surface area (TPSA) is 76.5 Å². The highest BCUT2D eigenvalue weighted by Gasteiger charge is 2.24. The highest BCUT2D eigenvalue weighted by Crippen LogP contribution is 2.26. The second kappa shape index (κ2) is 8.20. The fraction of sp³-hybridized carbons (Fsp3) is 0.500. The molecular formula is C18H26N4O3S. The van der Waals surface area contributed by atoms with Crippen molar-refractivity contribution in [2.75, 3.05) is 33.3 Å². The zero-order valence-electron chi connectivity index (χ0n) is 15.3. The highest BCUT2D eigenvalue weighted by molar-refractivity contribution is 7.89. The number of hydrogen-bond acceptors (Lipinski definition) is 5. The van der Waals surface area contributed by atoms with Gasteiger partial charge in [-0.25, -0.2) is 17.8 Å². The van der Waals surface area contributed by atoms with E-state index in [2.05, 4.69) is 21.6 Å². The van der Waals surface area contributed by atoms with E-state index in [-0.39, 0.29) is 4.90 Å². The standard InChI is InChI=1S/C18H26N4O3S/c1-3-21-10-4-6-15(14-21)13-20-26(23,24)18-12-16(7-8-17(18)25-2)22-11-5-9-19-22/h5,7-9,11-12,15,20H,3-4,6,10,13-14H2,1-2H3/t15-/m1/s1. The van der Waals surface area contributed by atoms with Gasteiger partial charge in [-0.1, -0.05) is 6.92 Å². The lowest BCUT2D eigenvalue weighted by Crippen LogP contribution is -2.40. The van der Waals surface area contributed by atoms with Crippen LogP contribution < -0.4 is 9.46 Å².